The van der Waals surface area contributed by atoms with Gasteiger partial charge < -0.3 is 24.4 Å². The summed E-state index contributed by atoms with van der Waals surface area (Å²) in [6.45, 7) is 13.9. The largest absolute Gasteiger partial charge is 0.481 e. The number of hydrogen-bond acceptors (Lipinski definition) is 6. The molecule has 0 bridgehead atoms. The summed E-state index contributed by atoms with van der Waals surface area (Å²) in [7, 11) is 4.09. The highest BCUT2D eigenvalue weighted by Gasteiger charge is 2.48. The number of carboxylic acids is 1. The SMILES string of the molecule is CCCCN(CCCN(C)C)C(=O)CN1C[C@H](c2ccc3c(c2)OCO3)[C@@H](C(=O)O)[C@@H]1CC(C)(C)C=C(C)C. The molecule has 0 radical (unpaired) electrons. The van der Waals surface area contributed by atoms with Crippen LogP contribution in [-0.4, -0.2) is 91.3 Å². The van der Waals surface area contributed by atoms with E-state index in [9.17, 15) is 14.7 Å². The molecule has 8 nitrogen and oxygen atoms in total. The Labute approximate surface area is 234 Å². The van der Waals surface area contributed by atoms with Crippen molar-refractivity contribution < 1.29 is 24.2 Å². The maximum Gasteiger partial charge on any atom is 0.308 e. The van der Waals surface area contributed by atoms with Crippen molar-refractivity contribution in [3.05, 3.63) is 35.4 Å². The van der Waals surface area contributed by atoms with Crippen LogP contribution in [0.25, 0.3) is 0 Å². The predicted molar refractivity (Wildman–Crippen MR) is 154 cm³/mol. The van der Waals surface area contributed by atoms with Crippen LogP contribution in [0, 0.1) is 11.3 Å². The lowest BCUT2D eigenvalue weighted by Gasteiger charge is -2.34. The lowest BCUT2D eigenvalue weighted by Crippen LogP contribution is -2.46. The minimum atomic E-state index is -0.820. The predicted octanol–water partition coefficient (Wildman–Crippen LogP) is 4.85. The van der Waals surface area contributed by atoms with Crippen LogP contribution in [0.3, 0.4) is 0 Å². The van der Waals surface area contributed by atoms with Gasteiger partial charge in [0.2, 0.25) is 12.7 Å². The van der Waals surface area contributed by atoms with E-state index in [0.717, 1.165) is 37.9 Å². The van der Waals surface area contributed by atoms with Crippen molar-refractivity contribution in [3.8, 4) is 11.5 Å². The summed E-state index contributed by atoms with van der Waals surface area (Å²) in [6, 6.07) is 5.46. The first-order chi connectivity index (χ1) is 18.4. The molecule has 2 aliphatic rings. The number of benzene rings is 1. The fourth-order valence-corrected chi connectivity index (χ4v) is 6.17. The van der Waals surface area contributed by atoms with Gasteiger partial charge in [0.1, 0.15) is 0 Å². The van der Waals surface area contributed by atoms with Crippen LogP contribution in [0.4, 0.5) is 0 Å². The Morgan fingerprint density at radius 1 is 1.10 bits per heavy atom. The molecule has 1 aromatic carbocycles. The number of rotatable bonds is 14. The topological polar surface area (TPSA) is 82.5 Å². The molecule has 2 heterocycles. The summed E-state index contributed by atoms with van der Waals surface area (Å²) in [5.41, 5.74) is 1.91. The number of unbranched alkanes of at least 4 members (excludes halogenated alkanes) is 1. The quantitative estimate of drug-likeness (QED) is 0.336. The van der Waals surface area contributed by atoms with E-state index in [0.29, 0.717) is 31.0 Å². The number of ether oxygens (including phenoxy) is 2. The molecule has 2 aliphatic heterocycles. The van der Waals surface area contributed by atoms with Gasteiger partial charge in [-0.2, -0.15) is 0 Å². The lowest BCUT2D eigenvalue weighted by atomic mass is 9.77. The van der Waals surface area contributed by atoms with Crippen molar-refractivity contribution in [3.63, 3.8) is 0 Å². The van der Waals surface area contributed by atoms with Crippen molar-refractivity contribution in [1.82, 2.24) is 14.7 Å². The van der Waals surface area contributed by atoms with Crippen LogP contribution >= 0.6 is 0 Å². The van der Waals surface area contributed by atoms with Crippen molar-refractivity contribution in [1.29, 1.82) is 0 Å². The van der Waals surface area contributed by atoms with Crippen LogP contribution in [0.2, 0.25) is 0 Å². The molecule has 1 aromatic rings. The number of likely N-dealkylation sites (tertiary alicyclic amines) is 1. The summed E-state index contributed by atoms with van der Waals surface area (Å²) in [4.78, 5) is 32.8. The Morgan fingerprint density at radius 2 is 1.79 bits per heavy atom. The Bertz CT molecular complexity index is 1020. The maximum atomic E-state index is 13.7. The van der Waals surface area contributed by atoms with E-state index in [1.54, 1.807) is 0 Å². The summed E-state index contributed by atoms with van der Waals surface area (Å²) in [5, 5.41) is 10.5. The number of allylic oxidation sites excluding steroid dienone is 2. The molecule has 1 N–H and O–H groups in total. The monoisotopic (exact) mass is 543 g/mol. The van der Waals surface area contributed by atoms with Gasteiger partial charge in [-0.15, -0.1) is 0 Å². The number of amides is 1. The number of carboxylic acid groups (broad SMARTS) is 1. The van der Waals surface area contributed by atoms with Crippen LogP contribution in [-0.2, 0) is 9.59 Å². The number of aliphatic carboxylic acids is 1. The number of fused-ring (bicyclic) bond motifs is 1. The molecule has 218 valence electrons. The van der Waals surface area contributed by atoms with E-state index >= 15 is 0 Å². The third-order valence-electron chi connectivity index (χ3n) is 7.78. The van der Waals surface area contributed by atoms with E-state index in [-0.39, 0.29) is 36.6 Å². The summed E-state index contributed by atoms with van der Waals surface area (Å²) < 4.78 is 11.1. The normalized spacial score (nSPS) is 20.9. The van der Waals surface area contributed by atoms with Crippen LogP contribution in [0.15, 0.2) is 29.8 Å². The fraction of sp³-hybridized carbons (Fsp3) is 0.677. The Balaban J connectivity index is 1.91. The van der Waals surface area contributed by atoms with Gasteiger partial charge >= 0.3 is 5.97 Å². The van der Waals surface area contributed by atoms with Gasteiger partial charge in [-0.1, -0.05) is 44.9 Å². The molecule has 0 aliphatic carbocycles. The third-order valence-corrected chi connectivity index (χ3v) is 7.78. The van der Waals surface area contributed by atoms with Gasteiger partial charge in [-0.05, 0) is 76.9 Å². The first-order valence-corrected chi connectivity index (χ1v) is 14.4. The van der Waals surface area contributed by atoms with Crippen molar-refractivity contribution in [2.24, 2.45) is 11.3 Å². The second-order valence-electron chi connectivity index (χ2n) is 12.4. The number of hydrogen-bond donors (Lipinski definition) is 1. The van der Waals surface area contributed by atoms with Crippen LogP contribution in [0.5, 0.6) is 11.5 Å². The lowest BCUT2D eigenvalue weighted by molar-refractivity contribution is -0.144. The summed E-state index contributed by atoms with van der Waals surface area (Å²) >= 11 is 0. The van der Waals surface area contributed by atoms with Crippen molar-refractivity contribution in [2.45, 2.75) is 72.3 Å². The molecule has 8 heteroatoms. The zero-order valence-electron chi connectivity index (χ0n) is 25.0. The Hall–Kier alpha value is -2.58. The standard InChI is InChI=1S/C31H49N3O5/c1-8-9-14-33(15-10-13-32(6)7)28(35)20-34-19-24(23-11-12-26-27(16-23)39-21-38-26)29(30(36)37)25(34)18-31(4,5)17-22(2)3/h11-12,16-17,24-25,29H,8-10,13-15,18-21H2,1-7H3,(H,36,37)/t24-,25+,29-/m1/s1. The highest BCUT2D eigenvalue weighted by atomic mass is 16.7. The van der Waals surface area contributed by atoms with Gasteiger partial charge in [-0.3, -0.25) is 14.5 Å². The molecule has 3 atom stereocenters. The first-order valence-electron chi connectivity index (χ1n) is 14.4. The minimum Gasteiger partial charge on any atom is -0.481 e. The van der Waals surface area contributed by atoms with Gasteiger partial charge in [0.25, 0.3) is 0 Å². The smallest absolute Gasteiger partial charge is 0.308 e. The molecule has 3 rings (SSSR count). The third kappa shape index (κ3) is 8.45. The molecule has 39 heavy (non-hydrogen) atoms. The Morgan fingerprint density at radius 3 is 2.44 bits per heavy atom. The highest BCUT2D eigenvalue weighted by molar-refractivity contribution is 5.79. The van der Waals surface area contributed by atoms with E-state index in [4.69, 9.17) is 9.47 Å². The average Bonchev–Trinajstić information content (AvgIpc) is 3.44. The molecule has 0 unspecified atom stereocenters. The highest BCUT2D eigenvalue weighted by Crippen LogP contribution is 2.45. The van der Waals surface area contributed by atoms with Gasteiger partial charge in [-0.25, -0.2) is 0 Å². The van der Waals surface area contributed by atoms with E-state index < -0.39 is 11.9 Å². The first kappa shape index (κ1) is 31.0. The van der Waals surface area contributed by atoms with Gasteiger partial charge in [0, 0.05) is 31.6 Å². The fourth-order valence-electron chi connectivity index (χ4n) is 6.17. The minimum absolute atomic E-state index is 0.0858. The molecular weight excluding hydrogens is 494 g/mol. The van der Waals surface area contributed by atoms with Crippen molar-refractivity contribution >= 4 is 11.9 Å². The van der Waals surface area contributed by atoms with Gasteiger partial charge in [0.05, 0.1) is 12.5 Å². The summed E-state index contributed by atoms with van der Waals surface area (Å²) in [5.74, 6) is -0.293. The second-order valence-corrected chi connectivity index (χ2v) is 12.4. The van der Waals surface area contributed by atoms with Crippen molar-refractivity contribution in [2.75, 3.05) is 53.6 Å². The summed E-state index contributed by atoms with van der Waals surface area (Å²) in [6.07, 6.45) is 5.76. The van der Waals surface area contributed by atoms with E-state index in [2.05, 4.69) is 50.5 Å². The number of nitrogens with zero attached hydrogens (tertiary/aromatic N) is 3. The zero-order valence-corrected chi connectivity index (χ0v) is 25.0. The molecule has 0 aromatic heterocycles. The number of carbonyl (C=O) groups is 2. The average molecular weight is 544 g/mol. The molecule has 0 saturated carbocycles. The van der Waals surface area contributed by atoms with Crippen LogP contribution < -0.4 is 9.47 Å². The molecule has 0 spiro atoms. The second kappa shape index (κ2) is 13.7. The maximum absolute atomic E-state index is 13.7. The molecule has 1 fully saturated rings. The van der Waals surface area contributed by atoms with Crippen LogP contribution in [0.1, 0.15) is 71.8 Å². The van der Waals surface area contributed by atoms with E-state index in [1.807, 2.05) is 37.2 Å². The van der Waals surface area contributed by atoms with Gasteiger partial charge in [0.15, 0.2) is 11.5 Å². The molecule has 1 saturated heterocycles. The number of carbonyl (C=O) groups excluding carboxylic acids is 1. The van der Waals surface area contributed by atoms with E-state index in [1.165, 1.54) is 5.57 Å². The Kier molecular flexibility index (Phi) is 10.8. The zero-order chi connectivity index (χ0) is 28.7. The molecule has 1 amide bonds. The molecular formula is C31H49N3O5.